The maximum atomic E-state index is 11.8. The van der Waals surface area contributed by atoms with Crippen molar-refractivity contribution in [1.82, 2.24) is 14.1 Å². The molecule has 0 saturated heterocycles. The van der Waals surface area contributed by atoms with Gasteiger partial charge in [0.05, 0.1) is 12.0 Å². The number of benzene rings is 1. The summed E-state index contributed by atoms with van der Waals surface area (Å²) in [5.41, 5.74) is 8.15. The first-order chi connectivity index (χ1) is 9.78. The molecule has 6 heteroatoms. The van der Waals surface area contributed by atoms with E-state index in [-0.39, 0.29) is 18.0 Å². The second-order valence-corrected chi connectivity index (χ2v) is 4.40. The van der Waals surface area contributed by atoms with Gasteiger partial charge in [0.25, 0.3) is 5.56 Å². The molecule has 0 bridgehead atoms. The Labute approximate surface area is 128 Å². The van der Waals surface area contributed by atoms with E-state index in [0.29, 0.717) is 6.54 Å². The fourth-order valence-corrected chi connectivity index (χ4v) is 2.04. The second-order valence-electron chi connectivity index (χ2n) is 4.40. The van der Waals surface area contributed by atoms with Crippen LogP contribution < -0.4 is 11.3 Å². The molecule has 3 aromatic rings. The fourth-order valence-electron chi connectivity index (χ4n) is 2.04. The van der Waals surface area contributed by atoms with Crippen LogP contribution in [0.3, 0.4) is 0 Å². The highest BCUT2D eigenvalue weighted by molar-refractivity contribution is 5.85. The normalized spacial score (nSPS) is 10.1. The van der Waals surface area contributed by atoms with Crippen LogP contribution in [0.1, 0.15) is 5.69 Å². The maximum Gasteiger partial charge on any atom is 0.255 e. The lowest BCUT2D eigenvalue weighted by molar-refractivity contribution is 0.983. The molecule has 0 spiro atoms. The van der Waals surface area contributed by atoms with Crippen molar-refractivity contribution in [2.24, 2.45) is 5.73 Å². The van der Waals surface area contributed by atoms with Crippen molar-refractivity contribution in [3.05, 3.63) is 77.2 Å². The Morgan fingerprint density at radius 2 is 1.76 bits per heavy atom. The smallest absolute Gasteiger partial charge is 0.255 e. The number of pyridine rings is 1. The van der Waals surface area contributed by atoms with Crippen LogP contribution in [0.25, 0.3) is 11.4 Å². The summed E-state index contributed by atoms with van der Waals surface area (Å²) in [4.78, 5) is 15.9. The van der Waals surface area contributed by atoms with Crippen LogP contribution in [0.5, 0.6) is 0 Å². The molecule has 0 aliphatic heterocycles. The number of nitrogens with two attached hydrogens (primary N) is 1. The van der Waals surface area contributed by atoms with E-state index in [2.05, 4.69) is 4.98 Å². The van der Waals surface area contributed by atoms with Crippen LogP contribution in [0.15, 0.2) is 66.0 Å². The number of nitrogens with zero attached hydrogens (tertiary/aromatic N) is 3. The molecule has 21 heavy (non-hydrogen) atoms. The van der Waals surface area contributed by atoms with Crippen LogP contribution >= 0.6 is 12.4 Å². The molecule has 0 aliphatic rings. The first-order valence-electron chi connectivity index (χ1n) is 6.29. The molecule has 0 unspecified atom stereocenters. The summed E-state index contributed by atoms with van der Waals surface area (Å²) in [5, 5.41) is 0. The van der Waals surface area contributed by atoms with Gasteiger partial charge in [0.1, 0.15) is 0 Å². The van der Waals surface area contributed by atoms with Gasteiger partial charge in [0, 0.05) is 36.4 Å². The molecule has 5 nitrogen and oxygen atoms in total. The lowest BCUT2D eigenvalue weighted by Crippen LogP contribution is -2.15. The number of hydrogen-bond acceptors (Lipinski definition) is 3. The van der Waals surface area contributed by atoms with Gasteiger partial charge in [0.15, 0.2) is 0 Å². The summed E-state index contributed by atoms with van der Waals surface area (Å²) in [6.07, 6.45) is 5.37. The summed E-state index contributed by atoms with van der Waals surface area (Å²) in [7, 11) is 0. The van der Waals surface area contributed by atoms with E-state index in [4.69, 9.17) is 5.73 Å². The van der Waals surface area contributed by atoms with E-state index in [1.54, 1.807) is 23.2 Å². The van der Waals surface area contributed by atoms with Crippen LogP contribution in [-0.4, -0.2) is 14.1 Å². The lowest BCUT2D eigenvalue weighted by Gasteiger charge is -2.07. The standard InChI is InChI=1S/C15H14N4O.ClH/c16-9-12-10-18(11-17-12)13-4-6-14(7-5-13)19-8-2-1-3-15(19)20;/h1-8,10-11H,9,16H2;1H. The zero-order chi connectivity index (χ0) is 13.9. The van der Waals surface area contributed by atoms with Gasteiger partial charge in [-0.15, -0.1) is 12.4 Å². The Morgan fingerprint density at radius 1 is 1.05 bits per heavy atom. The van der Waals surface area contributed by atoms with Crippen molar-refractivity contribution < 1.29 is 0 Å². The third-order valence-corrected chi connectivity index (χ3v) is 3.09. The summed E-state index contributed by atoms with van der Waals surface area (Å²) < 4.78 is 3.50. The molecular weight excluding hydrogens is 288 g/mol. The van der Waals surface area contributed by atoms with Gasteiger partial charge in [-0.3, -0.25) is 9.36 Å². The predicted molar refractivity (Wildman–Crippen MR) is 84.3 cm³/mol. The molecule has 0 aliphatic carbocycles. The number of hydrogen-bond donors (Lipinski definition) is 1. The van der Waals surface area contributed by atoms with Gasteiger partial charge in [-0.1, -0.05) is 6.07 Å². The molecule has 0 saturated carbocycles. The average molecular weight is 303 g/mol. The van der Waals surface area contributed by atoms with E-state index in [1.165, 1.54) is 6.07 Å². The van der Waals surface area contributed by atoms with E-state index in [9.17, 15) is 4.79 Å². The molecule has 0 fully saturated rings. The third-order valence-electron chi connectivity index (χ3n) is 3.09. The number of rotatable bonds is 3. The molecular formula is C15H15ClN4O. The highest BCUT2D eigenvalue weighted by Crippen LogP contribution is 2.12. The van der Waals surface area contributed by atoms with Crippen molar-refractivity contribution in [2.45, 2.75) is 6.54 Å². The highest BCUT2D eigenvalue weighted by atomic mass is 35.5. The van der Waals surface area contributed by atoms with E-state index >= 15 is 0 Å². The zero-order valence-electron chi connectivity index (χ0n) is 11.2. The van der Waals surface area contributed by atoms with Crippen molar-refractivity contribution in [3.8, 4) is 11.4 Å². The second kappa shape index (κ2) is 6.39. The highest BCUT2D eigenvalue weighted by Gasteiger charge is 2.01. The largest absolute Gasteiger partial charge is 0.325 e. The molecule has 0 amide bonds. The van der Waals surface area contributed by atoms with Gasteiger partial charge in [-0.2, -0.15) is 0 Å². The van der Waals surface area contributed by atoms with E-state index in [0.717, 1.165) is 17.1 Å². The Balaban J connectivity index is 0.00000161. The van der Waals surface area contributed by atoms with Crippen LogP contribution in [-0.2, 0) is 6.54 Å². The molecule has 0 atom stereocenters. The van der Waals surface area contributed by atoms with Crippen molar-refractivity contribution in [2.75, 3.05) is 0 Å². The summed E-state index contributed by atoms with van der Waals surface area (Å²) in [6, 6.07) is 12.8. The van der Waals surface area contributed by atoms with Gasteiger partial charge in [-0.25, -0.2) is 4.98 Å². The molecule has 0 radical (unpaired) electrons. The molecule has 2 heterocycles. The maximum absolute atomic E-state index is 11.8. The fraction of sp³-hybridized carbons (Fsp3) is 0.0667. The van der Waals surface area contributed by atoms with Crippen molar-refractivity contribution in [3.63, 3.8) is 0 Å². The summed E-state index contributed by atoms with van der Waals surface area (Å²) >= 11 is 0. The minimum absolute atomic E-state index is 0. The Morgan fingerprint density at radius 3 is 2.38 bits per heavy atom. The van der Waals surface area contributed by atoms with Crippen LogP contribution in [0, 0.1) is 0 Å². The minimum Gasteiger partial charge on any atom is -0.325 e. The Bertz CT molecular complexity index is 777. The van der Waals surface area contributed by atoms with Crippen LogP contribution in [0.2, 0.25) is 0 Å². The summed E-state index contributed by atoms with van der Waals surface area (Å²) in [5.74, 6) is 0. The molecule has 2 N–H and O–H groups in total. The zero-order valence-corrected chi connectivity index (χ0v) is 12.0. The number of halogens is 1. The summed E-state index contributed by atoms with van der Waals surface area (Å²) in [6.45, 7) is 0.421. The Kier molecular flexibility index (Phi) is 4.57. The van der Waals surface area contributed by atoms with Gasteiger partial charge in [0.2, 0.25) is 0 Å². The Hall–Kier alpha value is -2.37. The first-order valence-corrected chi connectivity index (χ1v) is 6.29. The predicted octanol–water partition coefficient (Wildman–Crippen LogP) is 1.90. The SMILES string of the molecule is Cl.NCc1cn(-c2ccc(-n3ccccc3=O)cc2)cn1. The van der Waals surface area contributed by atoms with Gasteiger partial charge >= 0.3 is 0 Å². The quantitative estimate of drug-likeness (QED) is 0.803. The van der Waals surface area contributed by atoms with Crippen LogP contribution in [0.4, 0.5) is 0 Å². The van der Waals surface area contributed by atoms with Gasteiger partial charge in [-0.05, 0) is 30.3 Å². The van der Waals surface area contributed by atoms with E-state index in [1.807, 2.05) is 41.1 Å². The molecule has 108 valence electrons. The monoisotopic (exact) mass is 302 g/mol. The first kappa shape index (κ1) is 15.0. The molecule has 2 aromatic heterocycles. The van der Waals surface area contributed by atoms with Crippen molar-refractivity contribution >= 4 is 12.4 Å². The number of imidazole rings is 1. The topological polar surface area (TPSA) is 65.8 Å². The van der Waals surface area contributed by atoms with E-state index < -0.39 is 0 Å². The minimum atomic E-state index is -0.0479. The van der Waals surface area contributed by atoms with Crippen molar-refractivity contribution in [1.29, 1.82) is 0 Å². The van der Waals surface area contributed by atoms with Gasteiger partial charge < -0.3 is 10.3 Å². The molecule has 3 rings (SSSR count). The number of aromatic nitrogens is 3. The average Bonchev–Trinajstić information content (AvgIpc) is 2.97. The lowest BCUT2D eigenvalue weighted by atomic mass is 10.2. The third kappa shape index (κ3) is 3.04. The molecule has 1 aromatic carbocycles.